The number of benzene rings is 1. The van der Waals surface area contributed by atoms with Gasteiger partial charge in [-0.25, -0.2) is 0 Å². The molecule has 1 N–H and O–H groups in total. The molecular formula is C10H12O2S. The molecule has 0 unspecified atom stereocenters. The van der Waals surface area contributed by atoms with Crippen LogP contribution < -0.4 is 0 Å². The first kappa shape index (κ1) is 10.1. The lowest BCUT2D eigenvalue weighted by atomic mass is 10.1. The second-order valence-corrected chi connectivity index (χ2v) is 3.67. The summed E-state index contributed by atoms with van der Waals surface area (Å²) in [6.07, 6.45) is 0.472. The van der Waals surface area contributed by atoms with Crippen molar-refractivity contribution >= 4 is 18.6 Å². The molecule has 0 amide bonds. The molecule has 0 saturated heterocycles. The fourth-order valence-electron chi connectivity index (χ4n) is 1.15. The van der Waals surface area contributed by atoms with E-state index in [1.54, 1.807) is 0 Å². The maximum atomic E-state index is 10.5. The number of carboxylic acids is 1. The summed E-state index contributed by atoms with van der Waals surface area (Å²) in [5.41, 5.74) is 2.16. The van der Waals surface area contributed by atoms with Crippen molar-refractivity contribution in [1.29, 1.82) is 0 Å². The van der Waals surface area contributed by atoms with Crippen molar-refractivity contribution in [3.63, 3.8) is 0 Å². The minimum absolute atomic E-state index is 0.472. The molecule has 0 aliphatic heterocycles. The van der Waals surface area contributed by atoms with Gasteiger partial charge in [0.25, 0.3) is 0 Å². The Kier molecular flexibility index (Phi) is 3.37. The quantitative estimate of drug-likeness (QED) is 0.725. The van der Waals surface area contributed by atoms with Crippen molar-refractivity contribution in [2.24, 2.45) is 0 Å². The van der Waals surface area contributed by atoms with Gasteiger partial charge in [-0.1, -0.05) is 29.8 Å². The summed E-state index contributed by atoms with van der Waals surface area (Å²) < 4.78 is 0. The molecule has 0 aliphatic rings. The number of rotatable bonds is 3. The second kappa shape index (κ2) is 4.33. The van der Waals surface area contributed by atoms with Gasteiger partial charge < -0.3 is 5.11 Å². The number of carboxylic acid groups (broad SMARTS) is 1. The Labute approximate surface area is 83.0 Å². The fraction of sp³-hybridized carbons (Fsp3) is 0.300. The minimum atomic E-state index is -0.871. The molecule has 0 bridgehead atoms. The van der Waals surface area contributed by atoms with Crippen LogP contribution in [-0.2, 0) is 11.2 Å². The monoisotopic (exact) mass is 196 g/mol. The van der Waals surface area contributed by atoms with Crippen LogP contribution in [0.1, 0.15) is 11.1 Å². The summed E-state index contributed by atoms with van der Waals surface area (Å²) in [4.78, 5) is 10.5. The van der Waals surface area contributed by atoms with Gasteiger partial charge in [0.05, 0.1) is 0 Å². The van der Waals surface area contributed by atoms with Crippen LogP contribution in [-0.4, -0.2) is 16.3 Å². The van der Waals surface area contributed by atoms with E-state index >= 15 is 0 Å². The largest absolute Gasteiger partial charge is 0.480 e. The molecule has 3 heteroatoms. The van der Waals surface area contributed by atoms with Gasteiger partial charge in [0.1, 0.15) is 5.25 Å². The van der Waals surface area contributed by atoms with Crippen LogP contribution in [0.3, 0.4) is 0 Å². The molecule has 13 heavy (non-hydrogen) atoms. The van der Waals surface area contributed by atoms with Crippen molar-refractivity contribution in [3.8, 4) is 0 Å². The molecule has 1 rings (SSSR count). The highest BCUT2D eigenvalue weighted by molar-refractivity contribution is 7.81. The molecule has 1 aromatic rings. The maximum absolute atomic E-state index is 10.5. The molecule has 1 aromatic carbocycles. The first-order valence-electron chi connectivity index (χ1n) is 4.06. The summed E-state index contributed by atoms with van der Waals surface area (Å²) in [5, 5.41) is 8.03. The van der Waals surface area contributed by atoms with Crippen LogP contribution in [0.25, 0.3) is 0 Å². The van der Waals surface area contributed by atoms with Gasteiger partial charge >= 0.3 is 5.97 Å². The Bertz CT molecular complexity index is 310. The highest BCUT2D eigenvalue weighted by atomic mass is 32.1. The summed E-state index contributed by atoms with van der Waals surface area (Å²) in [6, 6.07) is 7.80. The Morgan fingerprint density at radius 2 is 2.31 bits per heavy atom. The van der Waals surface area contributed by atoms with E-state index in [4.69, 9.17) is 5.11 Å². The molecule has 0 heterocycles. The smallest absolute Gasteiger partial charge is 0.316 e. The lowest BCUT2D eigenvalue weighted by Gasteiger charge is -2.05. The van der Waals surface area contributed by atoms with E-state index in [1.165, 1.54) is 0 Å². The van der Waals surface area contributed by atoms with E-state index in [0.717, 1.165) is 11.1 Å². The average Bonchev–Trinajstić information content (AvgIpc) is 2.04. The van der Waals surface area contributed by atoms with Crippen LogP contribution in [0.4, 0.5) is 0 Å². The first-order valence-corrected chi connectivity index (χ1v) is 4.57. The third-order valence-electron chi connectivity index (χ3n) is 1.80. The maximum Gasteiger partial charge on any atom is 0.316 e. The normalized spacial score (nSPS) is 12.5. The van der Waals surface area contributed by atoms with Gasteiger partial charge in [0, 0.05) is 0 Å². The van der Waals surface area contributed by atoms with Crippen LogP contribution in [0.2, 0.25) is 0 Å². The minimum Gasteiger partial charge on any atom is -0.480 e. The predicted molar refractivity (Wildman–Crippen MR) is 55.3 cm³/mol. The zero-order chi connectivity index (χ0) is 9.84. The summed E-state index contributed by atoms with van der Waals surface area (Å²) >= 11 is 3.97. The molecular weight excluding hydrogens is 184 g/mol. The average molecular weight is 196 g/mol. The van der Waals surface area contributed by atoms with Gasteiger partial charge in [0.15, 0.2) is 0 Å². The molecule has 0 fully saturated rings. The fourth-order valence-corrected chi connectivity index (χ4v) is 1.36. The van der Waals surface area contributed by atoms with Gasteiger partial charge in [-0.05, 0) is 18.9 Å². The zero-order valence-electron chi connectivity index (χ0n) is 7.40. The standard InChI is InChI=1S/C10H12O2S/c1-7-3-2-4-8(5-7)6-9(13)10(11)12/h2-5,9,13H,6H2,1H3,(H,11,12)/t9-/m1/s1. The van der Waals surface area contributed by atoms with E-state index in [-0.39, 0.29) is 0 Å². The summed E-state index contributed by atoms with van der Waals surface area (Å²) in [5.74, 6) is -0.871. The lowest BCUT2D eigenvalue weighted by molar-refractivity contribution is -0.136. The van der Waals surface area contributed by atoms with Crippen molar-refractivity contribution in [3.05, 3.63) is 35.4 Å². The number of carbonyl (C=O) groups is 1. The Hall–Kier alpha value is -0.960. The van der Waals surface area contributed by atoms with Crippen molar-refractivity contribution in [2.75, 3.05) is 0 Å². The molecule has 0 aromatic heterocycles. The molecule has 0 saturated carbocycles. The van der Waals surface area contributed by atoms with Crippen molar-refractivity contribution in [2.45, 2.75) is 18.6 Å². The highest BCUT2D eigenvalue weighted by Crippen LogP contribution is 2.09. The van der Waals surface area contributed by atoms with Crippen LogP contribution in [0.5, 0.6) is 0 Å². The second-order valence-electron chi connectivity index (χ2n) is 3.05. The molecule has 1 atom stereocenters. The summed E-state index contributed by atoms with van der Waals surface area (Å²) in [7, 11) is 0. The van der Waals surface area contributed by atoms with E-state index in [0.29, 0.717) is 6.42 Å². The third-order valence-corrected chi connectivity index (χ3v) is 2.20. The van der Waals surface area contributed by atoms with Crippen LogP contribution in [0, 0.1) is 6.92 Å². The van der Waals surface area contributed by atoms with Gasteiger partial charge in [-0.15, -0.1) is 0 Å². The number of aryl methyl sites for hydroxylation is 1. The number of hydrogen-bond acceptors (Lipinski definition) is 2. The predicted octanol–water partition coefficient (Wildman–Crippen LogP) is 1.92. The summed E-state index contributed by atoms with van der Waals surface area (Å²) in [6.45, 7) is 1.98. The Balaban J connectivity index is 2.69. The van der Waals surface area contributed by atoms with E-state index in [1.807, 2.05) is 31.2 Å². The van der Waals surface area contributed by atoms with Gasteiger partial charge in [-0.3, -0.25) is 4.79 Å². The molecule has 0 aliphatic carbocycles. The van der Waals surface area contributed by atoms with E-state index in [2.05, 4.69) is 12.6 Å². The first-order chi connectivity index (χ1) is 6.09. The lowest BCUT2D eigenvalue weighted by Crippen LogP contribution is -2.16. The van der Waals surface area contributed by atoms with Gasteiger partial charge in [-0.2, -0.15) is 12.6 Å². The Morgan fingerprint density at radius 3 is 2.85 bits per heavy atom. The molecule has 70 valence electrons. The number of aliphatic carboxylic acids is 1. The molecule has 0 spiro atoms. The molecule has 2 nitrogen and oxygen atoms in total. The Morgan fingerprint density at radius 1 is 1.62 bits per heavy atom. The van der Waals surface area contributed by atoms with Crippen LogP contribution >= 0.6 is 12.6 Å². The zero-order valence-corrected chi connectivity index (χ0v) is 8.29. The number of hydrogen-bond donors (Lipinski definition) is 2. The van der Waals surface area contributed by atoms with Crippen molar-refractivity contribution in [1.82, 2.24) is 0 Å². The van der Waals surface area contributed by atoms with Crippen molar-refractivity contribution < 1.29 is 9.90 Å². The SMILES string of the molecule is Cc1cccc(C[C@@H](S)C(=O)O)c1. The van der Waals surface area contributed by atoms with Gasteiger partial charge in [0.2, 0.25) is 0 Å². The van der Waals surface area contributed by atoms with Crippen LogP contribution in [0.15, 0.2) is 24.3 Å². The topological polar surface area (TPSA) is 37.3 Å². The van der Waals surface area contributed by atoms with E-state index in [9.17, 15) is 4.79 Å². The molecule has 0 radical (unpaired) electrons. The highest BCUT2D eigenvalue weighted by Gasteiger charge is 2.11. The van der Waals surface area contributed by atoms with E-state index < -0.39 is 11.2 Å². The number of thiol groups is 1. The third kappa shape index (κ3) is 3.11.